The maximum Gasteiger partial charge on any atom is 0.248 e. The third-order valence-corrected chi connectivity index (χ3v) is 6.73. The molecule has 0 bridgehead atoms. The van der Waals surface area contributed by atoms with Gasteiger partial charge in [0.25, 0.3) is 0 Å². The van der Waals surface area contributed by atoms with Crippen molar-refractivity contribution < 1.29 is 9.59 Å². The number of pyridine rings is 1. The number of nitrogens with one attached hydrogen (secondary N) is 1. The molecule has 3 aromatic rings. The van der Waals surface area contributed by atoms with Crippen LogP contribution in [0, 0.1) is 0 Å². The zero-order chi connectivity index (χ0) is 22.7. The van der Waals surface area contributed by atoms with Gasteiger partial charge in [-0.2, -0.15) is 0 Å². The van der Waals surface area contributed by atoms with Crippen LogP contribution in [0.2, 0.25) is 0 Å². The average Bonchev–Trinajstić information content (AvgIpc) is 2.83. The first kappa shape index (κ1) is 22.1. The fraction of sp³-hybridized carbons (Fsp3) is 0.423. The van der Waals surface area contributed by atoms with Crippen molar-refractivity contribution in [2.45, 2.75) is 58.0 Å². The summed E-state index contributed by atoms with van der Waals surface area (Å²) in [5, 5.41) is 4.32. The van der Waals surface area contributed by atoms with Crippen LogP contribution in [0.4, 0.5) is 0 Å². The van der Waals surface area contributed by atoms with Gasteiger partial charge in [0.2, 0.25) is 11.8 Å². The van der Waals surface area contributed by atoms with Crippen molar-refractivity contribution in [1.82, 2.24) is 14.8 Å². The van der Waals surface area contributed by atoms with Crippen molar-refractivity contribution in [3.05, 3.63) is 58.8 Å². The third-order valence-electron chi connectivity index (χ3n) is 6.73. The Labute approximate surface area is 188 Å². The average molecular weight is 434 g/mol. The van der Waals surface area contributed by atoms with Gasteiger partial charge in [-0.1, -0.05) is 43.5 Å². The summed E-state index contributed by atoms with van der Waals surface area (Å²) in [6.45, 7) is 5.25. The van der Waals surface area contributed by atoms with Crippen LogP contribution < -0.4 is 10.7 Å². The van der Waals surface area contributed by atoms with Crippen LogP contribution in [0.3, 0.4) is 0 Å². The second-order valence-electron chi connectivity index (χ2n) is 8.62. The van der Waals surface area contributed by atoms with Gasteiger partial charge in [-0.3, -0.25) is 14.4 Å². The molecular formula is C26H31N3O3. The number of fused-ring (bicyclic) bond motifs is 2. The molecule has 1 fully saturated rings. The smallest absolute Gasteiger partial charge is 0.248 e. The van der Waals surface area contributed by atoms with Crippen LogP contribution in [0.5, 0.6) is 0 Å². The Bertz CT molecular complexity index is 1140. The first-order valence-electron chi connectivity index (χ1n) is 11.6. The molecular weight excluding hydrogens is 402 g/mol. The Balaban J connectivity index is 1.72. The van der Waals surface area contributed by atoms with Crippen molar-refractivity contribution >= 4 is 33.6 Å². The van der Waals surface area contributed by atoms with Gasteiger partial charge in [-0.25, -0.2) is 0 Å². The molecule has 0 aliphatic heterocycles. The first-order chi connectivity index (χ1) is 15.5. The molecule has 1 aliphatic carbocycles. The Morgan fingerprint density at radius 1 is 0.906 bits per heavy atom. The highest BCUT2D eigenvalue weighted by molar-refractivity contribution is 5.96. The highest BCUT2D eigenvalue weighted by Crippen LogP contribution is 2.30. The number of para-hydroxylation sites is 2. The monoisotopic (exact) mass is 433 g/mol. The predicted octanol–water partition coefficient (Wildman–Crippen LogP) is 3.84. The summed E-state index contributed by atoms with van der Waals surface area (Å²) in [6.07, 6.45) is 4.27. The second kappa shape index (κ2) is 9.15. The van der Waals surface area contributed by atoms with Crippen LogP contribution in [-0.2, 0) is 16.1 Å². The molecule has 2 amide bonds. The fourth-order valence-electron chi connectivity index (χ4n) is 5.06. The lowest BCUT2D eigenvalue weighted by Crippen LogP contribution is -2.61. The first-order valence-corrected chi connectivity index (χ1v) is 11.6. The number of aromatic nitrogens is 1. The number of benzene rings is 2. The van der Waals surface area contributed by atoms with Crippen LogP contribution in [0.15, 0.2) is 53.3 Å². The lowest BCUT2D eigenvalue weighted by atomic mass is 9.80. The SMILES string of the molecule is CCN(CC)C(=O)C1(NC(=O)Cn2c3ccccc3c(=O)c3ccccc32)CCCCC1. The zero-order valence-corrected chi connectivity index (χ0v) is 18.9. The maximum absolute atomic E-state index is 13.4. The lowest BCUT2D eigenvalue weighted by molar-refractivity contribution is -0.143. The molecule has 0 unspecified atom stereocenters. The molecule has 1 saturated carbocycles. The highest BCUT2D eigenvalue weighted by Gasteiger charge is 2.42. The van der Waals surface area contributed by atoms with E-state index in [0.717, 1.165) is 30.3 Å². The molecule has 32 heavy (non-hydrogen) atoms. The molecule has 0 saturated heterocycles. The van der Waals surface area contributed by atoms with E-state index in [1.807, 2.05) is 59.7 Å². The van der Waals surface area contributed by atoms with Crippen LogP contribution >= 0.6 is 0 Å². The van der Waals surface area contributed by atoms with Crippen molar-refractivity contribution in [2.24, 2.45) is 0 Å². The molecule has 6 heteroatoms. The summed E-state index contributed by atoms with van der Waals surface area (Å²) < 4.78 is 1.89. The maximum atomic E-state index is 13.4. The lowest BCUT2D eigenvalue weighted by Gasteiger charge is -2.40. The Hall–Kier alpha value is -3.15. The van der Waals surface area contributed by atoms with E-state index in [1.165, 1.54) is 0 Å². The van der Waals surface area contributed by atoms with Gasteiger partial charge in [0.1, 0.15) is 12.1 Å². The quantitative estimate of drug-likeness (QED) is 0.601. The molecule has 6 nitrogen and oxygen atoms in total. The molecule has 168 valence electrons. The molecule has 1 aromatic heterocycles. The number of hydrogen-bond donors (Lipinski definition) is 1. The van der Waals surface area contributed by atoms with Crippen molar-refractivity contribution in [1.29, 1.82) is 0 Å². The number of likely N-dealkylation sites (N-methyl/N-ethyl adjacent to an activating group) is 1. The standard InChI is InChI=1S/C26H31N3O3/c1-3-28(4-2)25(32)26(16-10-5-11-17-26)27-23(30)18-29-21-14-8-6-12-19(21)24(31)20-13-7-9-15-22(20)29/h6-9,12-15H,3-5,10-11,16-18H2,1-2H3,(H,27,30). The Morgan fingerprint density at radius 2 is 1.44 bits per heavy atom. The molecule has 1 aliphatic rings. The van der Waals surface area contributed by atoms with Gasteiger partial charge >= 0.3 is 0 Å². The summed E-state index contributed by atoms with van der Waals surface area (Å²) in [4.78, 5) is 41.6. The number of amides is 2. The second-order valence-corrected chi connectivity index (χ2v) is 8.62. The minimum atomic E-state index is -0.841. The number of hydrogen-bond acceptors (Lipinski definition) is 3. The number of carbonyl (C=O) groups excluding carboxylic acids is 2. The van der Waals surface area contributed by atoms with E-state index in [2.05, 4.69) is 5.32 Å². The summed E-state index contributed by atoms with van der Waals surface area (Å²) >= 11 is 0. The predicted molar refractivity (Wildman–Crippen MR) is 128 cm³/mol. The van der Waals surface area contributed by atoms with Gasteiger partial charge < -0.3 is 14.8 Å². The normalized spacial score (nSPS) is 15.6. The molecule has 1 N–H and O–H groups in total. The summed E-state index contributed by atoms with van der Waals surface area (Å²) in [7, 11) is 0. The summed E-state index contributed by atoms with van der Waals surface area (Å²) in [5.41, 5.74) is 0.568. The van der Waals surface area contributed by atoms with E-state index in [0.29, 0.717) is 36.7 Å². The molecule has 4 rings (SSSR count). The zero-order valence-electron chi connectivity index (χ0n) is 18.9. The molecule has 0 spiro atoms. The highest BCUT2D eigenvalue weighted by atomic mass is 16.2. The van der Waals surface area contributed by atoms with Gasteiger partial charge in [0, 0.05) is 23.9 Å². The minimum Gasteiger partial charge on any atom is -0.341 e. The van der Waals surface area contributed by atoms with Crippen LogP contribution in [0.1, 0.15) is 46.0 Å². The number of rotatable bonds is 6. The molecule has 0 radical (unpaired) electrons. The van der Waals surface area contributed by atoms with Crippen LogP contribution in [-0.4, -0.2) is 39.9 Å². The Morgan fingerprint density at radius 3 is 1.97 bits per heavy atom. The van der Waals surface area contributed by atoms with E-state index in [-0.39, 0.29) is 23.8 Å². The molecule has 0 atom stereocenters. The number of nitrogens with zero attached hydrogens (tertiary/aromatic N) is 2. The summed E-state index contributed by atoms with van der Waals surface area (Å²) in [5.74, 6) is -0.184. The van der Waals surface area contributed by atoms with E-state index < -0.39 is 5.54 Å². The summed E-state index contributed by atoms with van der Waals surface area (Å²) in [6, 6.07) is 14.7. The Kier molecular flexibility index (Phi) is 6.31. The van der Waals surface area contributed by atoms with Gasteiger partial charge in [0.15, 0.2) is 5.43 Å². The van der Waals surface area contributed by atoms with E-state index in [1.54, 1.807) is 12.1 Å². The van der Waals surface area contributed by atoms with Crippen LogP contribution in [0.25, 0.3) is 21.8 Å². The van der Waals surface area contributed by atoms with E-state index in [4.69, 9.17) is 0 Å². The van der Waals surface area contributed by atoms with Gasteiger partial charge in [0.05, 0.1) is 11.0 Å². The minimum absolute atomic E-state index is 0.0187. The van der Waals surface area contributed by atoms with Crippen molar-refractivity contribution in [3.63, 3.8) is 0 Å². The third kappa shape index (κ3) is 3.90. The number of carbonyl (C=O) groups is 2. The fourth-order valence-corrected chi connectivity index (χ4v) is 5.06. The molecule has 2 aromatic carbocycles. The van der Waals surface area contributed by atoms with Crippen molar-refractivity contribution in [3.8, 4) is 0 Å². The van der Waals surface area contributed by atoms with Gasteiger partial charge in [-0.05, 0) is 51.0 Å². The van der Waals surface area contributed by atoms with Gasteiger partial charge in [-0.15, -0.1) is 0 Å². The largest absolute Gasteiger partial charge is 0.341 e. The van der Waals surface area contributed by atoms with E-state index >= 15 is 0 Å². The van der Waals surface area contributed by atoms with E-state index in [9.17, 15) is 14.4 Å². The topological polar surface area (TPSA) is 71.4 Å². The molecule has 1 heterocycles. The van der Waals surface area contributed by atoms with Crippen molar-refractivity contribution in [2.75, 3.05) is 13.1 Å².